The van der Waals surface area contributed by atoms with Gasteiger partial charge in [0, 0.05) is 62.3 Å². The van der Waals surface area contributed by atoms with Gasteiger partial charge in [-0.05, 0) is 50.8 Å². The van der Waals surface area contributed by atoms with Crippen molar-refractivity contribution < 1.29 is 9.59 Å². The Hall–Kier alpha value is -2.87. The summed E-state index contributed by atoms with van der Waals surface area (Å²) in [6.07, 6.45) is 3.01. The Morgan fingerprint density at radius 3 is 2.46 bits per heavy atom. The molecule has 0 spiro atoms. The second-order valence-corrected chi connectivity index (χ2v) is 10.5. The number of carbonyl (C=O) groups excluding carboxylic acids is 2. The Kier molecular flexibility index (Phi) is 6.57. The zero-order valence-electron chi connectivity index (χ0n) is 20.7. The highest BCUT2D eigenvalue weighted by Gasteiger charge is 2.38. The molecule has 5 rings (SSSR count). The molecule has 1 unspecified atom stereocenters. The van der Waals surface area contributed by atoms with Crippen LogP contribution in [0.1, 0.15) is 55.2 Å². The summed E-state index contributed by atoms with van der Waals surface area (Å²) in [5, 5.41) is 0.738. The van der Waals surface area contributed by atoms with Gasteiger partial charge in [-0.2, -0.15) is 4.98 Å². The van der Waals surface area contributed by atoms with Gasteiger partial charge in [-0.1, -0.05) is 23.7 Å². The van der Waals surface area contributed by atoms with E-state index in [0.29, 0.717) is 44.4 Å². The highest BCUT2D eigenvalue weighted by atomic mass is 35.5. The van der Waals surface area contributed by atoms with Crippen LogP contribution in [-0.2, 0) is 17.8 Å². The van der Waals surface area contributed by atoms with Crippen molar-refractivity contribution in [3.05, 3.63) is 46.1 Å². The van der Waals surface area contributed by atoms with Crippen LogP contribution < -0.4 is 9.80 Å². The molecular formula is C26H33ClN6O2. The monoisotopic (exact) mass is 496 g/mol. The van der Waals surface area contributed by atoms with Crippen molar-refractivity contribution >= 4 is 35.2 Å². The van der Waals surface area contributed by atoms with Crippen molar-refractivity contribution in [1.29, 1.82) is 0 Å². The zero-order valence-corrected chi connectivity index (χ0v) is 21.5. The van der Waals surface area contributed by atoms with Crippen LogP contribution >= 0.6 is 11.6 Å². The number of hydrogen-bond donors (Lipinski definition) is 0. The van der Waals surface area contributed by atoms with Crippen molar-refractivity contribution in [3.63, 3.8) is 0 Å². The number of nitrogens with zero attached hydrogens (tertiary/aromatic N) is 6. The second kappa shape index (κ2) is 9.64. The van der Waals surface area contributed by atoms with Gasteiger partial charge in [0.1, 0.15) is 11.5 Å². The van der Waals surface area contributed by atoms with Gasteiger partial charge in [0.15, 0.2) is 0 Å². The molecule has 2 fully saturated rings. The Morgan fingerprint density at radius 1 is 1.09 bits per heavy atom. The largest absolute Gasteiger partial charge is 0.353 e. The number of hydrogen-bond acceptors (Lipinski definition) is 6. The van der Waals surface area contributed by atoms with Crippen LogP contribution in [0.15, 0.2) is 24.3 Å². The quantitative estimate of drug-likeness (QED) is 0.632. The summed E-state index contributed by atoms with van der Waals surface area (Å²) in [7, 11) is 0. The first kappa shape index (κ1) is 23.9. The number of carbonyl (C=O) groups is 2. The van der Waals surface area contributed by atoms with Crippen molar-refractivity contribution in [2.45, 2.75) is 58.7 Å². The van der Waals surface area contributed by atoms with E-state index >= 15 is 0 Å². The summed E-state index contributed by atoms with van der Waals surface area (Å²) in [5.74, 6) is 1.57. The van der Waals surface area contributed by atoms with Gasteiger partial charge in [-0.15, -0.1) is 0 Å². The fourth-order valence-electron chi connectivity index (χ4n) is 5.41. The molecule has 0 bridgehead atoms. The van der Waals surface area contributed by atoms with E-state index in [1.165, 1.54) is 5.56 Å². The van der Waals surface area contributed by atoms with Gasteiger partial charge in [0.2, 0.25) is 11.9 Å². The predicted molar refractivity (Wildman–Crippen MR) is 137 cm³/mol. The van der Waals surface area contributed by atoms with Crippen molar-refractivity contribution in [3.8, 4) is 0 Å². The second-order valence-electron chi connectivity index (χ2n) is 10.0. The molecule has 1 atom stereocenters. The molecule has 9 heteroatoms. The lowest BCUT2D eigenvalue weighted by molar-refractivity contribution is -0.129. The maximum atomic E-state index is 13.3. The van der Waals surface area contributed by atoms with Gasteiger partial charge < -0.3 is 19.6 Å². The molecule has 0 radical (unpaired) electrons. The third-order valence-corrected chi connectivity index (χ3v) is 7.68. The van der Waals surface area contributed by atoms with Crippen LogP contribution in [0.2, 0.25) is 5.02 Å². The Bertz CT molecular complexity index is 1110. The molecule has 2 saturated heterocycles. The predicted octanol–water partition coefficient (Wildman–Crippen LogP) is 3.37. The number of piperazine rings is 1. The molecule has 2 aromatic rings. The number of aromatic nitrogens is 2. The number of anilines is 2. The Balaban J connectivity index is 1.47. The standard InChI is InChI=1S/C26H33ClN6O2/c1-17(2)33-16-22-23(25(33)35)28-26(29-24(22)31-13-11-30(12-14-31)18(3)34)32-10-4-5-21(32)15-19-6-8-20(27)9-7-19/h6-9,17,21H,4-5,10-16H2,1-3H3. The highest BCUT2D eigenvalue weighted by molar-refractivity contribution is 6.30. The number of fused-ring (bicyclic) bond motifs is 1. The van der Waals surface area contributed by atoms with E-state index < -0.39 is 0 Å². The fourth-order valence-corrected chi connectivity index (χ4v) is 5.53. The number of halogens is 1. The Labute approximate surface area is 211 Å². The average molecular weight is 497 g/mol. The normalized spacial score (nSPS) is 20.3. The molecule has 2 amide bonds. The Morgan fingerprint density at radius 2 is 1.80 bits per heavy atom. The lowest BCUT2D eigenvalue weighted by atomic mass is 10.0. The van der Waals surface area contributed by atoms with E-state index in [2.05, 4.69) is 21.9 Å². The molecule has 186 valence electrons. The van der Waals surface area contributed by atoms with Gasteiger partial charge in [-0.25, -0.2) is 4.98 Å². The minimum absolute atomic E-state index is 0.0179. The molecule has 3 aliphatic heterocycles. The molecule has 4 heterocycles. The zero-order chi connectivity index (χ0) is 24.7. The lowest BCUT2D eigenvalue weighted by Gasteiger charge is -2.36. The first-order chi connectivity index (χ1) is 16.8. The van der Waals surface area contributed by atoms with E-state index in [1.807, 2.05) is 35.8 Å². The van der Waals surface area contributed by atoms with Gasteiger partial charge >= 0.3 is 0 Å². The number of benzene rings is 1. The maximum absolute atomic E-state index is 13.3. The molecule has 0 N–H and O–H groups in total. The number of amides is 2. The molecule has 1 aromatic heterocycles. The van der Waals surface area contributed by atoms with E-state index in [-0.39, 0.29) is 23.9 Å². The van der Waals surface area contributed by atoms with E-state index in [0.717, 1.165) is 42.2 Å². The van der Waals surface area contributed by atoms with Crippen LogP contribution in [0.4, 0.5) is 11.8 Å². The minimum atomic E-state index is -0.0179. The van der Waals surface area contributed by atoms with Crippen LogP contribution in [0, 0.1) is 0 Å². The molecule has 1 aromatic carbocycles. The summed E-state index contributed by atoms with van der Waals surface area (Å²) in [4.78, 5) is 43.4. The first-order valence-electron chi connectivity index (χ1n) is 12.5. The summed E-state index contributed by atoms with van der Waals surface area (Å²) in [6.45, 7) is 9.81. The van der Waals surface area contributed by atoms with E-state index in [1.54, 1.807) is 6.92 Å². The summed E-state index contributed by atoms with van der Waals surface area (Å²) < 4.78 is 0. The first-order valence-corrected chi connectivity index (χ1v) is 12.9. The topological polar surface area (TPSA) is 72.9 Å². The van der Waals surface area contributed by atoms with Crippen molar-refractivity contribution in [1.82, 2.24) is 19.8 Å². The SMILES string of the molecule is CC(=O)N1CCN(c2nc(N3CCCC3Cc3ccc(Cl)cc3)nc3c2CN(C(C)C)C3=O)CC1. The third-order valence-electron chi connectivity index (χ3n) is 7.43. The molecule has 35 heavy (non-hydrogen) atoms. The van der Waals surface area contributed by atoms with Gasteiger partial charge in [0.05, 0.1) is 6.54 Å². The third kappa shape index (κ3) is 4.68. The van der Waals surface area contributed by atoms with Crippen molar-refractivity contribution in [2.24, 2.45) is 0 Å². The van der Waals surface area contributed by atoms with E-state index in [4.69, 9.17) is 21.6 Å². The molecule has 3 aliphatic rings. The lowest BCUT2D eigenvalue weighted by Crippen LogP contribution is -2.48. The van der Waals surface area contributed by atoms with Crippen LogP contribution in [0.25, 0.3) is 0 Å². The fraction of sp³-hybridized carbons (Fsp3) is 0.538. The van der Waals surface area contributed by atoms with Crippen LogP contribution in [-0.4, -0.2) is 76.4 Å². The summed E-state index contributed by atoms with van der Waals surface area (Å²) in [5.41, 5.74) is 2.68. The molecule has 0 saturated carbocycles. The molecular weight excluding hydrogens is 464 g/mol. The molecule has 8 nitrogen and oxygen atoms in total. The summed E-state index contributed by atoms with van der Waals surface area (Å²) in [6, 6.07) is 8.38. The van der Waals surface area contributed by atoms with Crippen LogP contribution in [0.5, 0.6) is 0 Å². The maximum Gasteiger partial charge on any atom is 0.273 e. The van der Waals surface area contributed by atoms with Crippen molar-refractivity contribution in [2.75, 3.05) is 42.5 Å². The minimum Gasteiger partial charge on any atom is -0.353 e. The average Bonchev–Trinajstić information content (AvgIpc) is 3.44. The van der Waals surface area contributed by atoms with Gasteiger partial charge in [0.25, 0.3) is 5.91 Å². The number of rotatable bonds is 5. The summed E-state index contributed by atoms with van der Waals surface area (Å²) >= 11 is 6.08. The highest BCUT2D eigenvalue weighted by Crippen LogP contribution is 2.35. The van der Waals surface area contributed by atoms with Crippen LogP contribution in [0.3, 0.4) is 0 Å². The smallest absolute Gasteiger partial charge is 0.273 e. The van der Waals surface area contributed by atoms with Gasteiger partial charge in [-0.3, -0.25) is 9.59 Å². The van der Waals surface area contributed by atoms with E-state index in [9.17, 15) is 9.59 Å². The molecule has 0 aliphatic carbocycles.